The van der Waals surface area contributed by atoms with Crippen LogP contribution in [0.5, 0.6) is 0 Å². The molecular formula is C22H24N2O3. The third kappa shape index (κ3) is 2.82. The zero-order chi connectivity index (χ0) is 19.1. The number of carboxylic acids is 1. The molecule has 140 valence electrons. The van der Waals surface area contributed by atoms with Gasteiger partial charge in [-0.15, -0.1) is 0 Å². The molecule has 0 radical (unpaired) electrons. The molecule has 0 saturated heterocycles. The first-order valence-corrected chi connectivity index (χ1v) is 9.61. The number of carboxylic acid groups (broad SMARTS) is 1. The Bertz CT molecular complexity index is 1060. The molecule has 1 heterocycles. The maximum Gasteiger partial charge on any atom is 0.335 e. The summed E-state index contributed by atoms with van der Waals surface area (Å²) in [5, 5.41) is 11.4. The smallest absolute Gasteiger partial charge is 0.335 e. The molecule has 5 heteroatoms. The number of carbonyl (C=O) groups excluding carboxylic acids is 1. The lowest BCUT2D eigenvalue weighted by molar-refractivity contribution is 0.0697. The van der Waals surface area contributed by atoms with Crippen molar-refractivity contribution in [3.8, 4) is 0 Å². The highest BCUT2D eigenvalue weighted by Gasteiger charge is 2.25. The lowest BCUT2D eigenvalue weighted by atomic mass is 10.0. The minimum atomic E-state index is -0.926. The van der Waals surface area contributed by atoms with Gasteiger partial charge in [-0.1, -0.05) is 13.8 Å². The Balaban J connectivity index is 1.96. The number of hydrogen-bond donors (Lipinski definition) is 1. The molecule has 0 amide bonds. The van der Waals surface area contributed by atoms with Crippen LogP contribution in [0, 0.1) is 0 Å². The average Bonchev–Trinajstić information content (AvgIpc) is 3.20. The van der Waals surface area contributed by atoms with Crippen molar-refractivity contribution < 1.29 is 14.7 Å². The number of ketones is 1. The standard InChI is InChI=1S/C22H24N2O3/c1-3-23(4-2)11-12-24-18-8-5-14(22(26)27)13-17(18)21-16-7-10-20(25)15(16)6-9-19(21)24/h5-6,8-9,13H,3-4,7,10-12H2,1-2H3,(H,26,27). The fourth-order valence-corrected chi connectivity index (χ4v) is 4.31. The number of aromatic carboxylic acids is 1. The number of carbonyl (C=O) groups is 2. The van der Waals surface area contributed by atoms with Crippen molar-refractivity contribution in [1.29, 1.82) is 0 Å². The molecular weight excluding hydrogens is 340 g/mol. The molecule has 27 heavy (non-hydrogen) atoms. The van der Waals surface area contributed by atoms with Gasteiger partial charge in [0.15, 0.2) is 5.78 Å². The van der Waals surface area contributed by atoms with E-state index < -0.39 is 5.97 Å². The number of Topliss-reactive ketones (excluding diaryl/α,β-unsaturated/α-hetero) is 1. The van der Waals surface area contributed by atoms with Gasteiger partial charge in [0.2, 0.25) is 0 Å². The Labute approximate surface area is 158 Å². The molecule has 0 saturated carbocycles. The Morgan fingerprint density at radius 2 is 1.85 bits per heavy atom. The molecule has 2 aromatic carbocycles. The van der Waals surface area contributed by atoms with Gasteiger partial charge in [0.05, 0.1) is 5.56 Å². The number of likely N-dealkylation sites (N-methyl/N-ethyl adjacent to an activating group) is 1. The third-order valence-corrected chi connectivity index (χ3v) is 5.82. The van der Waals surface area contributed by atoms with Gasteiger partial charge in [-0.3, -0.25) is 4.79 Å². The molecule has 0 fully saturated rings. The van der Waals surface area contributed by atoms with E-state index in [0.717, 1.165) is 65.5 Å². The Morgan fingerprint density at radius 3 is 2.56 bits per heavy atom. The summed E-state index contributed by atoms with van der Waals surface area (Å²) in [7, 11) is 0. The predicted octanol–water partition coefficient (Wildman–Crippen LogP) is 3.96. The van der Waals surface area contributed by atoms with E-state index in [2.05, 4.69) is 23.3 Å². The monoisotopic (exact) mass is 364 g/mol. The normalized spacial score (nSPS) is 13.8. The summed E-state index contributed by atoms with van der Waals surface area (Å²) in [5.41, 5.74) is 4.29. The second kappa shape index (κ2) is 6.82. The minimum Gasteiger partial charge on any atom is -0.478 e. The average molecular weight is 364 g/mol. The fraction of sp³-hybridized carbons (Fsp3) is 0.364. The highest BCUT2D eigenvalue weighted by Crippen LogP contribution is 2.37. The molecule has 0 spiro atoms. The van der Waals surface area contributed by atoms with E-state index in [4.69, 9.17) is 0 Å². The van der Waals surface area contributed by atoms with Gasteiger partial charge in [-0.2, -0.15) is 0 Å². The quantitative estimate of drug-likeness (QED) is 0.719. The number of aryl methyl sites for hydroxylation is 1. The van der Waals surface area contributed by atoms with Crippen molar-refractivity contribution >= 4 is 33.6 Å². The number of rotatable bonds is 6. The number of benzene rings is 2. The Hall–Kier alpha value is -2.66. The highest BCUT2D eigenvalue weighted by molar-refractivity contribution is 6.16. The first-order valence-electron chi connectivity index (χ1n) is 9.61. The molecule has 5 nitrogen and oxygen atoms in total. The molecule has 3 aromatic rings. The van der Waals surface area contributed by atoms with Gasteiger partial charge < -0.3 is 14.6 Å². The summed E-state index contributed by atoms with van der Waals surface area (Å²) in [6.45, 7) is 8.09. The van der Waals surface area contributed by atoms with Gasteiger partial charge >= 0.3 is 5.97 Å². The highest BCUT2D eigenvalue weighted by atomic mass is 16.4. The van der Waals surface area contributed by atoms with Gasteiger partial charge in [0.25, 0.3) is 0 Å². The Morgan fingerprint density at radius 1 is 1.11 bits per heavy atom. The van der Waals surface area contributed by atoms with Crippen LogP contribution in [0.15, 0.2) is 30.3 Å². The first kappa shape index (κ1) is 17.7. The summed E-state index contributed by atoms with van der Waals surface area (Å²) >= 11 is 0. The zero-order valence-corrected chi connectivity index (χ0v) is 15.8. The number of aromatic nitrogens is 1. The minimum absolute atomic E-state index is 0.185. The summed E-state index contributed by atoms with van der Waals surface area (Å²) < 4.78 is 2.28. The van der Waals surface area contributed by atoms with Crippen molar-refractivity contribution in [3.63, 3.8) is 0 Å². The van der Waals surface area contributed by atoms with Crippen LogP contribution in [0.2, 0.25) is 0 Å². The summed E-state index contributed by atoms with van der Waals surface area (Å²) in [6, 6.07) is 9.31. The van der Waals surface area contributed by atoms with Crippen molar-refractivity contribution in [2.75, 3.05) is 19.6 Å². The molecule has 4 rings (SSSR count). The van der Waals surface area contributed by atoms with E-state index in [1.165, 1.54) is 0 Å². The maximum atomic E-state index is 12.2. The van der Waals surface area contributed by atoms with Crippen LogP contribution in [0.3, 0.4) is 0 Å². The summed E-state index contributed by atoms with van der Waals surface area (Å²) in [6.07, 6.45) is 1.27. The molecule has 1 aliphatic carbocycles. The lowest BCUT2D eigenvalue weighted by Crippen LogP contribution is -2.26. The van der Waals surface area contributed by atoms with Crippen LogP contribution in [0.1, 0.15) is 46.5 Å². The van der Waals surface area contributed by atoms with Crippen LogP contribution in [-0.2, 0) is 13.0 Å². The van der Waals surface area contributed by atoms with Crippen LogP contribution in [0.25, 0.3) is 21.8 Å². The lowest BCUT2D eigenvalue weighted by Gasteiger charge is -2.19. The topological polar surface area (TPSA) is 62.5 Å². The Kier molecular flexibility index (Phi) is 4.48. The van der Waals surface area contributed by atoms with Gasteiger partial charge in [0.1, 0.15) is 0 Å². The fourth-order valence-electron chi connectivity index (χ4n) is 4.31. The maximum absolute atomic E-state index is 12.2. The van der Waals surface area contributed by atoms with Crippen LogP contribution in [0.4, 0.5) is 0 Å². The van der Waals surface area contributed by atoms with E-state index in [-0.39, 0.29) is 11.3 Å². The second-order valence-electron chi connectivity index (χ2n) is 7.12. The largest absolute Gasteiger partial charge is 0.478 e. The van der Waals surface area contributed by atoms with Crippen LogP contribution in [-0.4, -0.2) is 46.0 Å². The van der Waals surface area contributed by atoms with Crippen molar-refractivity contribution in [2.45, 2.75) is 33.2 Å². The molecule has 0 unspecified atom stereocenters. The van der Waals surface area contributed by atoms with Crippen molar-refractivity contribution in [2.24, 2.45) is 0 Å². The van der Waals surface area contributed by atoms with Gasteiger partial charge in [-0.05, 0) is 55.4 Å². The third-order valence-electron chi connectivity index (χ3n) is 5.82. The summed E-state index contributed by atoms with van der Waals surface area (Å²) in [5.74, 6) is -0.741. The number of hydrogen-bond acceptors (Lipinski definition) is 3. The van der Waals surface area contributed by atoms with Gasteiger partial charge in [-0.25, -0.2) is 4.79 Å². The van der Waals surface area contributed by atoms with Crippen LogP contribution >= 0.6 is 0 Å². The predicted molar refractivity (Wildman–Crippen MR) is 107 cm³/mol. The molecule has 0 atom stereocenters. The SMILES string of the molecule is CCN(CC)CCn1c2ccc(C(=O)O)cc2c2c3c(ccc21)C(=O)CC3. The molecule has 1 N–H and O–H groups in total. The van der Waals surface area contributed by atoms with E-state index in [1.807, 2.05) is 18.2 Å². The number of fused-ring (bicyclic) bond motifs is 5. The van der Waals surface area contributed by atoms with Crippen LogP contribution < -0.4 is 0 Å². The van der Waals surface area contributed by atoms with E-state index in [9.17, 15) is 14.7 Å². The number of nitrogens with zero attached hydrogens (tertiary/aromatic N) is 2. The summed E-state index contributed by atoms with van der Waals surface area (Å²) in [4.78, 5) is 26.1. The van der Waals surface area contributed by atoms with E-state index >= 15 is 0 Å². The first-order chi connectivity index (χ1) is 13.0. The van der Waals surface area contributed by atoms with Crippen molar-refractivity contribution in [1.82, 2.24) is 9.47 Å². The molecule has 1 aromatic heterocycles. The van der Waals surface area contributed by atoms with E-state index in [1.54, 1.807) is 12.1 Å². The van der Waals surface area contributed by atoms with E-state index in [0.29, 0.717) is 6.42 Å². The molecule has 1 aliphatic rings. The molecule has 0 bridgehead atoms. The zero-order valence-electron chi connectivity index (χ0n) is 15.8. The second-order valence-corrected chi connectivity index (χ2v) is 7.12. The van der Waals surface area contributed by atoms with Crippen molar-refractivity contribution in [3.05, 3.63) is 47.0 Å². The molecule has 0 aliphatic heterocycles. The van der Waals surface area contributed by atoms with Gasteiger partial charge in [0, 0.05) is 46.9 Å².